The van der Waals surface area contributed by atoms with Gasteiger partial charge in [-0.2, -0.15) is 0 Å². The molecule has 22 heavy (non-hydrogen) atoms. The molecule has 2 aromatic heterocycles. The molecule has 1 N–H and O–H groups in total. The zero-order chi connectivity index (χ0) is 15.8. The zero-order valence-electron chi connectivity index (χ0n) is 14.6. The summed E-state index contributed by atoms with van der Waals surface area (Å²) in [7, 11) is 0. The van der Waals surface area contributed by atoms with Crippen LogP contribution in [0.4, 0.5) is 0 Å². The van der Waals surface area contributed by atoms with Crippen molar-refractivity contribution in [2.45, 2.75) is 72.6 Å². The summed E-state index contributed by atoms with van der Waals surface area (Å²) in [6.45, 7) is 7.01. The Labute approximate surface area is 140 Å². The minimum absolute atomic E-state index is 1.05. The van der Waals surface area contributed by atoms with E-state index >= 15 is 0 Å². The van der Waals surface area contributed by atoms with Crippen LogP contribution in [0.2, 0.25) is 13.3 Å². The van der Waals surface area contributed by atoms with E-state index in [2.05, 4.69) is 44.1 Å². The molecule has 0 unspecified atom stereocenters. The fourth-order valence-corrected chi connectivity index (χ4v) is 19.3. The number of H-pyrrole nitrogens is 1. The van der Waals surface area contributed by atoms with E-state index in [0.29, 0.717) is 0 Å². The van der Waals surface area contributed by atoms with Gasteiger partial charge in [0, 0.05) is 0 Å². The van der Waals surface area contributed by atoms with Gasteiger partial charge in [0.2, 0.25) is 0 Å². The molecular formula is C19H32N2Sn. The number of aromatic nitrogens is 2. The first kappa shape index (κ1) is 17.8. The monoisotopic (exact) mass is 408 g/mol. The molecule has 0 saturated carbocycles. The van der Waals surface area contributed by atoms with Crippen molar-refractivity contribution in [2.75, 3.05) is 0 Å². The first-order valence-corrected chi connectivity index (χ1v) is 16.7. The number of aromatic amines is 1. The summed E-state index contributed by atoms with van der Waals surface area (Å²) >= 11 is -2.29. The fourth-order valence-electron chi connectivity index (χ4n) is 3.58. The Morgan fingerprint density at radius 1 is 0.955 bits per heavy atom. The van der Waals surface area contributed by atoms with Crippen molar-refractivity contribution in [3.8, 4) is 0 Å². The number of hydrogen-bond acceptors (Lipinski definition) is 1. The van der Waals surface area contributed by atoms with E-state index in [4.69, 9.17) is 4.98 Å². The summed E-state index contributed by atoms with van der Waals surface area (Å²) in [6, 6.07) is 4.66. The molecular weight excluding hydrogens is 375 g/mol. The van der Waals surface area contributed by atoms with Crippen molar-refractivity contribution in [3.63, 3.8) is 0 Å². The summed E-state index contributed by atoms with van der Waals surface area (Å²) in [5.74, 6) is 0. The average Bonchev–Trinajstić information content (AvgIpc) is 3.02. The van der Waals surface area contributed by atoms with Gasteiger partial charge < -0.3 is 0 Å². The van der Waals surface area contributed by atoms with E-state index in [-0.39, 0.29) is 0 Å². The SMILES string of the molecule is CCC[CH2][Sn]([CH2]CCC)([CH2]CCC)[c]1cnc2[nH]ccc2c1. The Kier molecular flexibility index (Phi) is 7.26. The third kappa shape index (κ3) is 4.27. The van der Waals surface area contributed by atoms with Crippen LogP contribution in [0.1, 0.15) is 59.3 Å². The molecule has 3 heteroatoms. The van der Waals surface area contributed by atoms with Crippen molar-refractivity contribution in [3.05, 3.63) is 24.5 Å². The quantitative estimate of drug-likeness (QED) is 0.509. The Bertz CT molecular complexity index is 540. The third-order valence-corrected chi connectivity index (χ3v) is 20.5. The van der Waals surface area contributed by atoms with Crippen LogP contribution in [0.25, 0.3) is 11.0 Å². The average molecular weight is 407 g/mol. The molecule has 0 spiro atoms. The van der Waals surface area contributed by atoms with E-state index < -0.39 is 18.4 Å². The van der Waals surface area contributed by atoms with Crippen LogP contribution in [-0.2, 0) is 0 Å². The summed E-state index contributed by atoms with van der Waals surface area (Å²) in [5, 5.41) is 1.31. The normalized spacial score (nSPS) is 12.1. The van der Waals surface area contributed by atoms with Crippen LogP contribution in [0.15, 0.2) is 24.5 Å². The second-order valence-electron chi connectivity index (χ2n) is 6.73. The predicted molar refractivity (Wildman–Crippen MR) is 101 cm³/mol. The maximum absolute atomic E-state index is 4.73. The van der Waals surface area contributed by atoms with Gasteiger partial charge in [0.15, 0.2) is 0 Å². The minimum atomic E-state index is -2.29. The van der Waals surface area contributed by atoms with Crippen molar-refractivity contribution in [1.82, 2.24) is 9.97 Å². The second-order valence-corrected chi connectivity index (χ2v) is 20.0. The molecule has 0 aliphatic carbocycles. The van der Waals surface area contributed by atoms with Crippen LogP contribution in [-0.4, -0.2) is 28.3 Å². The number of rotatable bonds is 10. The molecule has 0 radical (unpaired) electrons. The number of nitrogens with zero attached hydrogens (tertiary/aromatic N) is 1. The molecule has 0 bridgehead atoms. The van der Waals surface area contributed by atoms with Crippen LogP contribution < -0.4 is 3.58 Å². The van der Waals surface area contributed by atoms with Crippen molar-refractivity contribution < 1.29 is 0 Å². The molecule has 2 rings (SSSR count). The molecule has 2 heterocycles. The van der Waals surface area contributed by atoms with Crippen LogP contribution in [0.5, 0.6) is 0 Å². The first-order chi connectivity index (χ1) is 10.8. The van der Waals surface area contributed by atoms with Gasteiger partial charge in [-0.1, -0.05) is 0 Å². The van der Waals surface area contributed by atoms with Crippen molar-refractivity contribution in [2.24, 2.45) is 0 Å². The number of unbranched alkanes of at least 4 members (excludes halogenated alkanes) is 3. The summed E-state index contributed by atoms with van der Waals surface area (Å²) in [5.41, 5.74) is 1.05. The van der Waals surface area contributed by atoms with Gasteiger partial charge >= 0.3 is 140 Å². The standard InChI is InChI=1S/C7H5N2.3C4H9.Sn/c1-2-6-3-5-9-7(6)8-4-1;3*1-3-4-2;/h2-5H,(H,8,9);3*1,3-4H2,2H3;. The van der Waals surface area contributed by atoms with E-state index in [1.165, 1.54) is 57.2 Å². The van der Waals surface area contributed by atoms with Crippen LogP contribution in [0.3, 0.4) is 0 Å². The molecule has 0 aliphatic heterocycles. The molecule has 0 fully saturated rings. The Balaban J connectivity index is 2.36. The molecule has 2 nitrogen and oxygen atoms in total. The molecule has 0 amide bonds. The van der Waals surface area contributed by atoms with Crippen LogP contribution in [0, 0.1) is 0 Å². The maximum atomic E-state index is 4.73. The third-order valence-electron chi connectivity index (χ3n) is 5.04. The van der Waals surface area contributed by atoms with Gasteiger partial charge in [-0.05, 0) is 0 Å². The Hall–Kier alpha value is -0.511. The number of hydrogen-bond donors (Lipinski definition) is 1. The summed E-state index contributed by atoms with van der Waals surface area (Å²) < 4.78 is 6.23. The van der Waals surface area contributed by atoms with Gasteiger partial charge in [-0.25, -0.2) is 0 Å². The van der Waals surface area contributed by atoms with Crippen molar-refractivity contribution in [1.29, 1.82) is 0 Å². The first-order valence-electron chi connectivity index (χ1n) is 9.19. The zero-order valence-corrected chi connectivity index (χ0v) is 17.5. The van der Waals surface area contributed by atoms with Gasteiger partial charge in [-0.3, -0.25) is 0 Å². The van der Waals surface area contributed by atoms with E-state index in [1.807, 2.05) is 6.20 Å². The number of nitrogens with one attached hydrogen (secondary N) is 1. The van der Waals surface area contributed by atoms with Gasteiger partial charge in [0.1, 0.15) is 0 Å². The molecule has 0 saturated heterocycles. The number of pyridine rings is 1. The van der Waals surface area contributed by atoms with E-state index in [9.17, 15) is 0 Å². The topological polar surface area (TPSA) is 28.7 Å². The Morgan fingerprint density at radius 2 is 1.55 bits per heavy atom. The van der Waals surface area contributed by atoms with Gasteiger partial charge in [-0.15, -0.1) is 0 Å². The number of fused-ring (bicyclic) bond motifs is 1. The molecule has 0 aromatic carbocycles. The predicted octanol–water partition coefficient (Wildman–Crippen LogP) is 5.62. The molecule has 0 aliphatic rings. The van der Waals surface area contributed by atoms with E-state index in [1.54, 1.807) is 3.58 Å². The van der Waals surface area contributed by atoms with Crippen LogP contribution >= 0.6 is 0 Å². The van der Waals surface area contributed by atoms with Gasteiger partial charge in [0.25, 0.3) is 0 Å². The summed E-state index contributed by atoms with van der Waals surface area (Å²) in [4.78, 5) is 7.97. The van der Waals surface area contributed by atoms with Gasteiger partial charge in [0.05, 0.1) is 0 Å². The molecule has 2 aromatic rings. The van der Waals surface area contributed by atoms with Crippen molar-refractivity contribution >= 4 is 33.0 Å². The molecule has 122 valence electrons. The second kappa shape index (κ2) is 8.95. The Morgan fingerprint density at radius 3 is 2.09 bits per heavy atom. The summed E-state index contributed by atoms with van der Waals surface area (Å²) in [6.07, 6.45) is 12.5. The van der Waals surface area contributed by atoms with E-state index in [0.717, 1.165) is 5.65 Å². The fraction of sp³-hybridized carbons (Fsp3) is 0.632. The molecule has 0 atom stereocenters.